The number of aromatic nitrogens is 3. The highest BCUT2D eigenvalue weighted by Gasteiger charge is 2.13. The first-order valence-electron chi connectivity index (χ1n) is 6.69. The van der Waals surface area contributed by atoms with Gasteiger partial charge >= 0.3 is 0 Å². The molecule has 2 rings (SSSR count). The predicted molar refractivity (Wildman–Crippen MR) is 69.3 cm³/mol. The van der Waals surface area contributed by atoms with Crippen LogP contribution in [0.3, 0.4) is 0 Å². The molecule has 0 aliphatic carbocycles. The molecule has 1 aromatic rings. The van der Waals surface area contributed by atoms with Gasteiger partial charge in [-0.1, -0.05) is 0 Å². The summed E-state index contributed by atoms with van der Waals surface area (Å²) in [6.45, 7) is 10.8. The first-order chi connectivity index (χ1) is 8.79. The number of ether oxygens (including phenoxy) is 1. The van der Waals surface area contributed by atoms with E-state index in [1.54, 1.807) is 6.33 Å². The Morgan fingerprint density at radius 1 is 1.44 bits per heavy atom. The highest BCUT2D eigenvalue weighted by molar-refractivity contribution is 4.84. The maximum Gasteiger partial charge on any atom is 0.140 e. The van der Waals surface area contributed by atoms with E-state index in [0.29, 0.717) is 6.04 Å². The van der Waals surface area contributed by atoms with Crippen LogP contribution in [0, 0.1) is 0 Å². The second-order valence-electron chi connectivity index (χ2n) is 4.69. The van der Waals surface area contributed by atoms with Gasteiger partial charge in [0.15, 0.2) is 0 Å². The number of morpholine rings is 1. The lowest BCUT2D eigenvalue weighted by atomic mass is 10.3. The molecule has 1 atom stereocenters. The predicted octanol–water partition coefficient (Wildman–Crippen LogP) is 0.108. The van der Waals surface area contributed by atoms with E-state index in [4.69, 9.17) is 4.74 Å². The normalized spacial score (nSPS) is 19.0. The molecule has 0 amide bonds. The van der Waals surface area contributed by atoms with E-state index in [0.717, 1.165) is 51.8 Å². The molecule has 0 radical (unpaired) electrons. The van der Waals surface area contributed by atoms with Gasteiger partial charge in [0.25, 0.3) is 0 Å². The molecule has 1 unspecified atom stereocenters. The molecule has 1 aromatic heterocycles. The van der Waals surface area contributed by atoms with Crippen molar-refractivity contribution in [2.45, 2.75) is 33.0 Å². The summed E-state index contributed by atoms with van der Waals surface area (Å²) in [6, 6.07) is 0.449. The summed E-state index contributed by atoms with van der Waals surface area (Å²) in [7, 11) is 0. The molecule has 1 saturated heterocycles. The van der Waals surface area contributed by atoms with Crippen molar-refractivity contribution in [2.75, 3.05) is 32.8 Å². The summed E-state index contributed by atoms with van der Waals surface area (Å²) in [4.78, 5) is 6.70. The fraction of sp³-hybridized carbons (Fsp3) is 0.833. The second-order valence-corrected chi connectivity index (χ2v) is 4.69. The van der Waals surface area contributed by atoms with Crippen LogP contribution in [0.5, 0.6) is 0 Å². The Labute approximate surface area is 108 Å². The lowest BCUT2D eigenvalue weighted by Crippen LogP contribution is -2.44. The highest BCUT2D eigenvalue weighted by atomic mass is 16.5. The number of nitrogens with zero attached hydrogens (tertiary/aromatic N) is 4. The van der Waals surface area contributed by atoms with Gasteiger partial charge in [0.05, 0.1) is 19.8 Å². The Bertz CT molecular complexity index is 348. The van der Waals surface area contributed by atoms with E-state index in [1.807, 2.05) is 4.68 Å². The lowest BCUT2D eigenvalue weighted by Gasteiger charge is -2.29. The van der Waals surface area contributed by atoms with Crippen LogP contribution in [0.2, 0.25) is 0 Å². The molecule has 1 aliphatic rings. The van der Waals surface area contributed by atoms with Gasteiger partial charge in [-0.3, -0.25) is 4.90 Å². The van der Waals surface area contributed by atoms with Crippen molar-refractivity contribution in [3.63, 3.8) is 0 Å². The topological polar surface area (TPSA) is 55.2 Å². The van der Waals surface area contributed by atoms with Crippen molar-refractivity contribution in [1.29, 1.82) is 0 Å². The molecule has 1 fully saturated rings. The van der Waals surface area contributed by atoms with Crippen LogP contribution >= 0.6 is 0 Å². The molecule has 1 N–H and O–H groups in total. The standard InChI is InChI=1S/C12H23N5O/c1-3-17-12(14-10-15-17)8-13-11(2)9-16-4-6-18-7-5-16/h10-11,13H,3-9H2,1-2H3. The summed E-state index contributed by atoms with van der Waals surface area (Å²) < 4.78 is 7.27. The fourth-order valence-electron chi connectivity index (χ4n) is 2.19. The van der Waals surface area contributed by atoms with Gasteiger partial charge in [-0.05, 0) is 13.8 Å². The molecule has 0 saturated carbocycles. The van der Waals surface area contributed by atoms with Crippen molar-refractivity contribution in [3.05, 3.63) is 12.2 Å². The Morgan fingerprint density at radius 3 is 2.94 bits per heavy atom. The minimum atomic E-state index is 0.449. The first kappa shape index (κ1) is 13.5. The van der Waals surface area contributed by atoms with E-state index < -0.39 is 0 Å². The van der Waals surface area contributed by atoms with Crippen LogP contribution in [0.25, 0.3) is 0 Å². The van der Waals surface area contributed by atoms with Crippen LogP contribution in [0.15, 0.2) is 6.33 Å². The monoisotopic (exact) mass is 253 g/mol. The average molecular weight is 253 g/mol. The van der Waals surface area contributed by atoms with Gasteiger partial charge in [-0.15, -0.1) is 0 Å². The molecule has 1 aliphatic heterocycles. The molecule has 6 nitrogen and oxygen atoms in total. The summed E-state index contributed by atoms with van der Waals surface area (Å²) in [5.74, 6) is 1.01. The molecule has 102 valence electrons. The zero-order chi connectivity index (χ0) is 12.8. The number of hydrogen-bond acceptors (Lipinski definition) is 5. The van der Waals surface area contributed by atoms with Gasteiger partial charge in [-0.25, -0.2) is 9.67 Å². The van der Waals surface area contributed by atoms with E-state index in [1.165, 1.54) is 0 Å². The molecular formula is C12H23N5O. The molecular weight excluding hydrogens is 230 g/mol. The molecule has 0 bridgehead atoms. The van der Waals surface area contributed by atoms with Crippen LogP contribution in [-0.4, -0.2) is 58.6 Å². The summed E-state index contributed by atoms with van der Waals surface area (Å²) >= 11 is 0. The fourth-order valence-corrected chi connectivity index (χ4v) is 2.19. The summed E-state index contributed by atoms with van der Waals surface area (Å²) in [6.07, 6.45) is 1.62. The quantitative estimate of drug-likeness (QED) is 0.780. The van der Waals surface area contributed by atoms with Crippen LogP contribution < -0.4 is 5.32 Å². The van der Waals surface area contributed by atoms with Crippen molar-refractivity contribution in [1.82, 2.24) is 25.0 Å². The Hall–Kier alpha value is -0.980. The maximum absolute atomic E-state index is 5.35. The van der Waals surface area contributed by atoms with E-state index in [9.17, 15) is 0 Å². The number of hydrogen-bond donors (Lipinski definition) is 1. The third-order valence-corrected chi connectivity index (χ3v) is 3.24. The summed E-state index contributed by atoms with van der Waals surface area (Å²) in [5, 5.41) is 7.67. The zero-order valence-electron chi connectivity index (χ0n) is 11.3. The SMILES string of the molecule is CCn1ncnc1CNC(C)CN1CCOCC1. The van der Waals surface area contributed by atoms with Gasteiger partial charge in [0.2, 0.25) is 0 Å². The Balaban J connectivity index is 1.72. The Kier molecular flexibility index (Phi) is 5.10. The van der Waals surface area contributed by atoms with Crippen LogP contribution in [-0.2, 0) is 17.8 Å². The van der Waals surface area contributed by atoms with Crippen LogP contribution in [0.1, 0.15) is 19.7 Å². The van der Waals surface area contributed by atoms with Crippen molar-refractivity contribution >= 4 is 0 Å². The van der Waals surface area contributed by atoms with Gasteiger partial charge < -0.3 is 10.1 Å². The largest absolute Gasteiger partial charge is 0.379 e. The maximum atomic E-state index is 5.35. The molecule has 6 heteroatoms. The number of rotatable bonds is 6. The van der Waals surface area contributed by atoms with E-state index in [2.05, 4.69) is 34.1 Å². The van der Waals surface area contributed by atoms with Crippen molar-refractivity contribution in [3.8, 4) is 0 Å². The minimum absolute atomic E-state index is 0.449. The minimum Gasteiger partial charge on any atom is -0.379 e. The van der Waals surface area contributed by atoms with Gasteiger partial charge in [-0.2, -0.15) is 5.10 Å². The third kappa shape index (κ3) is 3.76. The third-order valence-electron chi connectivity index (χ3n) is 3.24. The van der Waals surface area contributed by atoms with Crippen molar-refractivity contribution in [2.24, 2.45) is 0 Å². The van der Waals surface area contributed by atoms with E-state index >= 15 is 0 Å². The number of nitrogens with one attached hydrogen (secondary N) is 1. The average Bonchev–Trinajstić information content (AvgIpc) is 2.85. The van der Waals surface area contributed by atoms with Crippen molar-refractivity contribution < 1.29 is 4.74 Å². The highest BCUT2D eigenvalue weighted by Crippen LogP contribution is 2.00. The van der Waals surface area contributed by atoms with E-state index in [-0.39, 0.29) is 0 Å². The molecule has 18 heavy (non-hydrogen) atoms. The molecule has 0 aromatic carbocycles. The van der Waals surface area contributed by atoms with Crippen LogP contribution in [0.4, 0.5) is 0 Å². The zero-order valence-corrected chi connectivity index (χ0v) is 11.3. The summed E-state index contributed by atoms with van der Waals surface area (Å²) in [5.41, 5.74) is 0. The second kappa shape index (κ2) is 6.82. The Morgan fingerprint density at radius 2 is 2.22 bits per heavy atom. The first-order valence-corrected chi connectivity index (χ1v) is 6.69. The number of aryl methyl sites for hydroxylation is 1. The molecule has 0 spiro atoms. The van der Waals surface area contributed by atoms with Gasteiger partial charge in [0.1, 0.15) is 12.2 Å². The lowest BCUT2D eigenvalue weighted by molar-refractivity contribution is 0.0343. The smallest absolute Gasteiger partial charge is 0.140 e. The molecule has 2 heterocycles. The van der Waals surface area contributed by atoms with Gasteiger partial charge in [0, 0.05) is 32.2 Å².